The van der Waals surface area contributed by atoms with Gasteiger partial charge in [0.05, 0.1) is 18.9 Å². The molecule has 88 valence electrons. The minimum atomic E-state index is 0.189. The fourth-order valence-electron chi connectivity index (χ4n) is 1.21. The van der Waals surface area contributed by atoms with Crippen molar-refractivity contribution in [1.82, 2.24) is 20.2 Å². The van der Waals surface area contributed by atoms with Crippen LogP contribution >= 0.6 is 0 Å². The van der Waals surface area contributed by atoms with E-state index in [1.54, 1.807) is 0 Å². The molecule has 0 radical (unpaired) electrons. The van der Waals surface area contributed by atoms with Gasteiger partial charge >= 0.3 is 0 Å². The van der Waals surface area contributed by atoms with Crippen LogP contribution in [0.4, 0.5) is 0 Å². The van der Waals surface area contributed by atoms with Gasteiger partial charge in [-0.25, -0.2) is 4.98 Å². The molecular weight excluding hydrogens is 224 g/mol. The van der Waals surface area contributed by atoms with Crippen LogP contribution in [0.5, 0.6) is 11.6 Å². The minimum Gasteiger partial charge on any atom is -0.483 e. The zero-order chi connectivity index (χ0) is 12.1. The number of nitrogens with zero attached hydrogens (tertiary/aromatic N) is 3. The van der Waals surface area contributed by atoms with Crippen molar-refractivity contribution < 1.29 is 14.3 Å². The number of aromatic amines is 1. The Kier molecular flexibility index (Phi) is 3.29. The molecule has 0 unspecified atom stereocenters. The van der Waals surface area contributed by atoms with Gasteiger partial charge in [-0.3, -0.25) is 4.79 Å². The summed E-state index contributed by atoms with van der Waals surface area (Å²) in [5.74, 6) is 1.30. The van der Waals surface area contributed by atoms with E-state index in [2.05, 4.69) is 20.2 Å². The summed E-state index contributed by atoms with van der Waals surface area (Å²) in [5.41, 5.74) is 0.372. The molecule has 2 aromatic heterocycles. The molecule has 0 aromatic carbocycles. The van der Waals surface area contributed by atoms with E-state index in [-0.39, 0.29) is 6.61 Å². The third-order valence-corrected chi connectivity index (χ3v) is 2.04. The van der Waals surface area contributed by atoms with Crippen LogP contribution in [0.25, 0.3) is 0 Å². The molecule has 0 amide bonds. The lowest BCUT2D eigenvalue weighted by Gasteiger charge is -2.07. The van der Waals surface area contributed by atoms with Crippen LogP contribution in [0.2, 0.25) is 0 Å². The fourth-order valence-corrected chi connectivity index (χ4v) is 1.21. The predicted octanol–water partition coefficient (Wildman–Crippen LogP) is 0.600. The Labute approximate surface area is 96.8 Å². The molecule has 2 rings (SSSR count). The maximum Gasteiger partial charge on any atom is 0.213 e. The summed E-state index contributed by atoms with van der Waals surface area (Å²) in [5, 5.41) is 7.37. The van der Waals surface area contributed by atoms with Crippen LogP contribution in [0.15, 0.2) is 18.6 Å². The molecule has 0 saturated heterocycles. The molecule has 0 fully saturated rings. The van der Waals surface area contributed by atoms with Gasteiger partial charge in [0.2, 0.25) is 5.88 Å². The summed E-state index contributed by atoms with van der Waals surface area (Å²) in [6.07, 6.45) is 3.56. The molecule has 0 aliphatic heterocycles. The first kappa shape index (κ1) is 11.1. The smallest absolute Gasteiger partial charge is 0.213 e. The number of carbonyl (C=O) groups is 1. The van der Waals surface area contributed by atoms with Crippen LogP contribution in [-0.4, -0.2) is 33.6 Å². The SMILES string of the molecule is COc1cc(C=O)c(OCc2nnc[nH]2)cn1. The molecule has 0 bridgehead atoms. The van der Waals surface area contributed by atoms with Crippen molar-refractivity contribution in [3.05, 3.63) is 30.0 Å². The number of methoxy groups -OCH3 is 1. The molecule has 7 heteroatoms. The Morgan fingerprint density at radius 2 is 2.41 bits per heavy atom. The van der Waals surface area contributed by atoms with E-state index in [0.717, 1.165) is 0 Å². The van der Waals surface area contributed by atoms with E-state index in [1.807, 2.05) is 0 Å². The Bertz CT molecular complexity index is 498. The van der Waals surface area contributed by atoms with Gasteiger partial charge in [-0.2, -0.15) is 0 Å². The molecule has 2 aromatic rings. The summed E-state index contributed by atoms with van der Waals surface area (Å²) >= 11 is 0. The van der Waals surface area contributed by atoms with Crippen LogP contribution in [0.3, 0.4) is 0 Å². The number of pyridine rings is 1. The minimum absolute atomic E-state index is 0.189. The molecule has 0 spiro atoms. The van der Waals surface area contributed by atoms with Gasteiger partial charge in [-0.15, -0.1) is 10.2 Å². The van der Waals surface area contributed by atoms with Crippen molar-refractivity contribution in [2.24, 2.45) is 0 Å². The van der Waals surface area contributed by atoms with Crippen molar-refractivity contribution in [3.63, 3.8) is 0 Å². The Morgan fingerprint density at radius 1 is 1.53 bits per heavy atom. The molecule has 0 saturated carbocycles. The number of aromatic nitrogens is 4. The lowest BCUT2D eigenvalue weighted by Crippen LogP contribution is -2.01. The van der Waals surface area contributed by atoms with Crippen molar-refractivity contribution in [2.45, 2.75) is 6.61 Å². The fraction of sp³-hybridized carbons (Fsp3) is 0.200. The largest absolute Gasteiger partial charge is 0.483 e. The lowest BCUT2D eigenvalue weighted by atomic mass is 10.2. The number of carbonyl (C=O) groups excluding carboxylic acids is 1. The van der Waals surface area contributed by atoms with E-state index in [9.17, 15) is 4.79 Å². The topological polar surface area (TPSA) is 90.0 Å². The second kappa shape index (κ2) is 5.06. The summed E-state index contributed by atoms with van der Waals surface area (Å²) in [7, 11) is 1.48. The molecule has 0 aliphatic carbocycles. The highest BCUT2D eigenvalue weighted by molar-refractivity contribution is 5.79. The Balaban J connectivity index is 2.12. The van der Waals surface area contributed by atoms with E-state index < -0.39 is 0 Å². The molecule has 2 heterocycles. The first-order chi connectivity index (χ1) is 8.33. The second-order valence-corrected chi connectivity index (χ2v) is 3.11. The van der Waals surface area contributed by atoms with Gasteiger partial charge in [-0.1, -0.05) is 0 Å². The number of hydrogen-bond acceptors (Lipinski definition) is 6. The van der Waals surface area contributed by atoms with Crippen molar-refractivity contribution in [3.8, 4) is 11.6 Å². The van der Waals surface area contributed by atoms with Crippen LogP contribution in [-0.2, 0) is 6.61 Å². The number of aldehydes is 1. The number of ether oxygens (including phenoxy) is 2. The van der Waals surface area contributed by atoms with Gasteiger partial charge in [0.15, 0.2) is 12.1 Å². The highest BCUT2D eigenvalue weighted by Gasteiger charge is 2.07. The van der Waals surface area contributed by atoms with Gasteiger partial charge < -0.3 is 14.5 Å². The zero-order valence-electron chi connectivity index (χ0n) is 9.08. The predicted molar refractivity (Wildman–Crippen MR) is 56.9 cm³/mol. The molecule has 0 aliphatic rings. The van der Waals surface area contributed by atoms with E-state index in [4.69, 9.17) is 9.47 Å². The average molecular weight is 234 g/mol. The molecular formula is C10H10N4O3. The van der Waals surface area contributed by atoms with Crippen molar-refractivity contribution >= 4 is 6.29 Å². The Morgan fingerprint density at radius 3 is 3.06 bits per heavy atom. The van der Waals surface area contributed by atoms with Crippen LogP contribution in [0, 0.1) is 0 Å². The summed E-state index contributed by atoms with van der Waals surface area (Å²) in [4.78, 5) is 17.6. The van der Waals surface area contributed by atoms with E-state index in [0.29, 0.717) is 29.3 Å². The first-order valence-corrected chi connectivity index (χ1v) is 4.80. The third-order valence-electron chi connectivity index (χ3n) is 2.04. The maximum absolute atomic E-state index is 10.9. The quantitative estimate of drug-likeness (QED) is 0.762. The normalized spacial score (nSPS) is 9.94. The molecule has 7 nitrogen and oxygen atoms in total. The molecule has 1 N–H and O–H groups in total. The van der Waals surface area contributed by atoms with Crippen LogP contribution in [0.1, 0.15) is 16.2 Å². The van der Waals surface area contributed by atoms with E-state index >= 15 is 0 Å². The lowest BCUT2D eigenvalue weighted by molar-refractivity contribution is 0.111. The van der Waals surface area contributed by atoms with Gasteiger partial charge in [-0.05, 0) is 0 Å². The zero-order valence-corrected chi connectivity index (χ0v) is 9.08. The van der Waals surface area contributed by atoms with Crippen molar-refractivity contribution in [2.75, 3.05) is 7.11 Å². The van der Waals surface area contributed by atoms with E-state index in [1.165, 1.54) is 25.7 Å². The van der Waals surface area contributed by atoms with Crippen LogP contribution < -0.4 is 9.47 Å². The number of rotatable bonds is 5. The summed E-state index contributed by atoms with van der Waals surface area (Å²) < 4.78 is 10.3. The van der Waals surface area contributed by atoms with Crippen molar-refractivity contribution in [1.29, 1.82) is 0 Å². The molecule has 17 heavy (non-hydrogen) atoms. The first-order valence-electron chi connectivity index (χ1n) is 4.80. The monoisotopic (exact) mass is 234 g/mol. The standard InChI is InChI=1S/C10H10N4O3/c1-16-10-2-7(4-15)8(3-11-10)17-5-9-12-6-13-14-9/h2-4,6H,5H2,1H3,(H,12,13,14). The maximum atomic E-state index is 10.9. The number of hydrogen-bond donors (Lipinski definition) is 1. The number of H-pyrrole nitrogens is 1. The summed E-state index contributed by atoms with van der Waals surface area (Å²) in [6.45, 7) is 0.189. The number of nitrogens with one attached hydrogen (secondary N) is 1. The molecule has 0 atom stereocenters. The van der Waals surface area contributed by atoms with Gasteiger partial charge in [0.1, 0.15) is 18.7 Å². The average Bonchev–Trinajstić information content (AvgIpc) is 2.89. The highest BCUT2D eigenvalue weighted by atomic mass is 16.5. The summed E-state index contributed by atoms with van der Waals surface area (Å²) in [6, 6.07) is 1.50. The second-order valence-electron chi connectivity index (χ2n) is 3.11. The Hall–Kier alpha value is -2.44. The third kappa shape index (κ3) is 2.57. The van der Waals surface area contributed by atoms with Gasteiger partial charge in [0, 0.05) is 6.07 Å². The highest BCUT2D eigenvalue weighted by Crippen LogP contribution is 2.20. The van der Waals surface area contributed by atoms with Gasteiger partial charge in [0.25, 0.3) is 0 Å².